The van der Waals surface area contributed by atoms with Gasteiger partial charge in [0.25, 0.3) is 0 Å². The molecule has 12 heavy (non-hydrogen) atoms. The monoisotopic (exact) mass is 231 g/mol. The Kier molecular flexibility index (Phi) is 8.13. The molecule has 3 nitrogen and oxygen atoms in total. The smallest absolute Gasteiger partial charge is 0.244 e. The van der Waals surface area contributed by atoms with E-state index in [9.17, 15) is 0 Å². The summed E-state index contributed by atoms with van der Waals surface area (Å²) < 4.78 is 10.6. The largest absolute Gasteiger partial charge is 0.344 e. The number of hydrogen-bond donors (Lipinski definition) is 2. The van der Waals surface area contributed by atoms with Gasteiger partial charge in [-0.25, -0.2) is 0 Å². The molecule has 76 valence electrons. The molecule has 0 atom stereocenters. The summed E-state index contributed by atoms with van der Waals surface area (Å²) >= 11 is 9.17. The first kappa shape index (κ1) is 15.4. The van der Waals surface area contributed by atoms with E-state index in [1.165, 1.54) is 0 Å². The molecule has 0 aromatic rings. The highest BCUT2D eigenvalue weighted by Crippen LogP contribution is 2.55. The second-order valence-electron chi connectivity index (χ2n) is 2.78. The van der Waals surface area contributed by atoms with E-state index in [2.05, 4.69) is 12.2 Å². The van der Waals surface area contributed by atoms with Crippen molar-refractivity contribution in [2.75, 3.05) is 0 Å². The minimum Gasteiger partial charge on any atom is -0.344 e. The van der Waals surface area contributed by atoms with E-state index in [4.69, 9.17) is 20.9 Å². The Bertz CT molecular complexity index is 150. The molecule has 6 heteroatoms. The van der Waals surface area contributed by atoms with Crippen LogP contribution < -0.4 is 6.15 Å². The summed E-state index contributed by atoms with van der Waals surface area (Å²) in [5, 5.41) is 0. The minimum absolute atomic E-state index is 0. The lowest BCUT2D eigenvalue weighted by atomic mass is 10.5. The van der Waals surface area contributed by atoms with Crippen LogP contribution in [0.3, 0.4) is 0 Å². The Hall–Kier alpha value is 0.880. The highest BCUT2D eigenvalue weighted by Gasteiger charge is 2.16. The maximum Gasteiger partial charge on any atom is 0.244 e. The number of rotatable bonds is 4. The van der Waals surface area contributed by atoms with E-state index in [1.54, 1.807) is 0 Å². The topological polar surface area (TPSA) is 53.5 Å². The van der Waals surface area contributed by atoms with Crippen molar-refractivity contribution >= 4 is 29.7 Å². The van der Waals surface area contributed by atoms with Crippen LogP contribution in [0.2, 0.25) is 0 Å². The van der Waals surface area contributed by atoms with E-state index < -0.39 is 5.69 Å². The van der Waals surface area contributed by atoms with Crippen LogP contribution >= 0.6 is 17.9 Å². The zero-order valence-electron chi connectivity index (χ0n) is 7.98. The summed E-state index contributed by atoms with van der Waals surface area (Å²) in [5.74, 6) is 0. The van der Waals surface area contributed by atoms with Gasteiger partial charge < -0.3 is 15.2 Å². The predicted octanol–water partition coefficient (Wildman–Crippen LogP) is 3.15. The molecule has 0 radical (unpaired) electrons. The zero-order chi connectivity index (χ0) is 9.07. The number of thiol groups is 1. The van der Waals surface area contributed by atoms with Gasteiger partial charge in [-0.15, -0.1) is 0 Å². The van der Waals surface area contributed by atoms with Gasteiger partial charge in [-0.3, -0.25) is 0 Å². The van der Waals surface area contributed by atoms with E-state index in [-0.39, 0.29) is 18.4 Å². The van der Waals surface area contributed by atoms with Crippen molar-refractivity contribution in [3.8, 4) is 0 Å². The van der Waals surface area contributed by atoms with Crippen molar-refractivity contribution in [3.05, 3.63) is 0 Å². The SMILES string of the molecule is CC(C)OP(=S)(S)OC(C)C.N. The molecule has 0 heterocycles. The van der Waals surface area contributed by atoms with Crippen LogP contribution in [-0.2, 0) is 20.9 Å². The third kappa shape index (κ3) is 8.97. The standard InChI is InChI=1S/C6H15O2PS2.H3N/c1-5(2)7-9(10,11)8-6(3)4;/h5-6H,1-4H3,(H,10,11);1H3. The van der Waals surface area contributed by atoms with Crippen LogP contribution in [0, 0.1) is 0 Å². The van der Waals surface area contributed by atoms with Crippen LogP contribution in [0.5, 0.6) is 0 Å². The lowest BCUT2D eigenvalue weighted by Gasteiger charge is -2.20. The molecule has 0 bridgehead atoms. The summed E-state index contributed by atoms with van der Waals surface area (Å²) in [7, 11) is 0. The maximum absolute atomic E-state index is 5.32. The van der Waals surface area contributed by atoms with Crippen molar-refractivity contribution in [1.29, 1.82) is 0 Å². The van der Waals surface area contributed by atoms with Gasteiger partial charge in [-0.1, -0.05) is 12.2 Å². The molecule has 0 rings (SSSR count). The fourth-order valence-electron chi connectivity index (χ4n) is 0.558. The van der Waals surface area contributed by atoms with E-state index in [1.807, 2.05) is 27.7 Å². The van der Waals surface area contributed by atoms with E-state index in [0.717, 1.165) is 0 Å². The molecule has 0 aliphatic heterocycles. The predicted molar refractivity (Wildman–Crippen MR) is 60.7 cm³/mol. The molecule has 0 spiro atoms. The summed E-state index contributed by atoms with van der Waals surface area (Å²) in [6, 6.07) is 0. The van der Waals surface area contributed by atoms with Gasteiger partial charge in [-0.05, 0) is 39.5 Å². The normalized spacial score (nSPS) is 11.9. The van der Waals surface area contributed by atoms with Gasteiger partial charge in [0.15, 0.2) is 0 Å². The second kappa shape index (κ2) is 6.35. The third-order valence-corrected chi connectivity index (χ3v) is 3.15. The fraction of sp³-hybridized carbons (Fsp3) is 1.00. The van der Waals surface area contributed by atoms with Crippen molar-refractivity contribution in [1.82, 2.24) is 6.15 Å². The van der Waals surface area contributed by atoms with Gasteiger partial charge in [0.1, 0.15) is 0 Å². The van der Waals surface area contributed by atoms with Gasteiger partial charge in [0.2, 0.25) is 5.69 Å². The molecule has 0 unspecified atom stereocenters. The fourth-order valence-corrected chi connectivity index (χ4v) is 3.84. The van der Waals surface area contributed by atoms with Crippen molar-refractivity contribution in [2.45, 2.75) is 39.9 Å². The first-order valence-corrected chi connectivity index (χ1v) is 7.32. The minimum atomic E-state index is -2.28. The highest BCUT2D eigenvalue weighted by molar-refractivity contribution is 8.60. The van der Waals surface area contributed by atoms with Crippen LogP contribution in [-0.4, -0.2) is 12.2 Å². The zero-order valence-corrected chi connectivity index (χ0v) is 10.6. The summed E-state index contributed by atoms with van der Waals surface area (Å²) in [6.45, 7) is 7.67. The molecule has 0 saturated heterocycles. The van der Waals surface area contributed by atoms with Gasteiger partial charge in [0.05, 0.1) is 12.2 Å². The molecule has 0 amide bonds. The first-order valence-electron chi connectivity index (χ1n) is 3.53. The van der Waals surface area contributed by atoms with Crippen molar-refractivity contribution in [2.24, 2.45) is 0 Å². The van der Waals surface area contributed by atoms with Crippen molar-refractivity contribution in [3.63, 3.8) is 0 Å². The van der Waals surface area contributed by atoms with Crippen LogP contribution in [0.15, 0.2) is 0 Å². The van der Waals surface area contributed by atoms with Gasteiger partial charge in [-0.2, -0.15) is 0 Å². The Morgan fingerprint density at radius 3 is 1.50 bits per heavy atom. The molecule has 0 saturated carbocycles. The summed E-state index contributed by atoms with van der Waals surface area (Å²) in [4.78, 5) is 0. The number of hydrogen-bond acceptors (Lipinski definition) is 4. The average Bonchev–Trinajstić information content (AvgIpc) is 1.53. The average molecular weight is 231 g/mol. The van der Waals surface area contributed by atoms with Crippen LogP contribution in [0.4, 0.5) is 0 Å². The third-order valence-electron chi connectivity index (χ3n) is 0.688. The molecule has 3 N–H and O–H groups in total. The van der Waals surface area contributed by atoms with Crippen LogP contribution in [0.1, 0.15) is 27.7 Å². The highest BCUT2D eigenvalue weighted by atomic mass is 32.9. The lowest BCUT2D eigenvalue weighted by molar-refractivity contribution is 0.186. The van der Waals surface area contributed by atoms with Gasteiger partial charge in [0, 0.05) is 0 Å². The molecule has 0 aromatic carbocycles. The second-order valence-corrected chi connectivity index (χ2v) is 7.97. The first-order chi connectivity index (χ1) is 4.83. The molecule has 0 fully saturated rings. The molecule has 0 aliphatic carbocycles. The molecule has 0 aromatic heterocycles. The molecular weight excluding hydrogens is 213 g/mol. The molecular formula is C6H18NO2PS2. The summed E-state index contributed by atoms with van der Waals surface area (Å²) in [5.41, 5.74) is -2.28. The Balaban J connectivity index is 0. The van der Waals surface area contributed by atoms with Crippen molar-refractivity contribution < 1.29 is 9.05 Å². The lowest BCUT2D eigenvalue weighted by Crippen LogP contribution is -2.04. The Morgan fingerprint density at radius 2 is 1.33 bits per heavy atom. The molecule has 0 aliphatic rings. The Labute approximate surface area is 85.1 Å². The summed E-state index contributed by atoms with van der Waals surface area (Å²) in [6.07, 6.45) is 0.161. The van der Waals surface area contributed by atoms with E-state index >= 15 is 0 Å². The van der Waals surface area contributed by atoms with Gasteiger partial charge >= 0.3 is 0 Å². The van der Waals surface area contributed by atoms with E-state index in [0.29, 0.717) is 0 Å². The maximum atomic E-state index is 5.32. The quantitative estimate of drug-likeness (QED) is 0.576. The Morgan fingerprint density at radius 1 is 1.08 bits per heavy atom. The van der Waals surface area contributed by atoms with Crippen LogP contribution in [0.25, 0.3) is 0 Å².